The molecule has 4 rings (SSSR count). The summed E-state index contributed by atoms with van der Waals surface area (Å²) in [5.74, 6) is 0.500. The fourth-order valence-electron chi connectivity index (χ4n) is 3.45. The van der Waals surface area contributed by atoms with Gasteiger partial charge in [0, 0.05) is 12.1 Å². The molecule has 1 aromatic heterocycles. The summed E-state index contributed by atoms with van der Waals surface area (Å²) in [6, 6.07) is 12.4. The minimum absolute atomic E-state index is 0.0227. The number of pyridine rings is 1. The van der Waals surface area contributed by atoms with Crippen LogP contribution in [0.3, 0.4) is 0 Å². The summed E-state index contributed by atoms with van der Waals surface area (Å²) in [5.41, 5.74) is 4.85. The van der Waals surface area contributed by atoms with Crippen LogP contribution in [-0.2, 0) is 17.6 Å². The van der Waals surface area contributed by atoms with E-state index in [0.29, 0.717) is 5.78 Å². The van der Waals surface area contributed by atoms with Crippen LogP contribution in [0.25, 0.3) is 0 Å². The predicted octanol–water partition coefficient (Wildman–Crippen LogP) is 3.02. The smallest absolute Gasteiger partial charge is 0.149 e. The Bertz CT molecular complexity index is 662. The average Bonchev–Trinajstić information content (AvgIpc) is 2.84. The second kappa shape index (κ2) is 4.02. The molecular formula is C17H15NO. The lowest BCUT2D eigenvalue weighted by atomic mass is 9.72. The molecule has 0 saturated heterocycles. The van der Waals surface area contributed by atoms with Crippen LogP contribution in [0.4, 0.5) is 0 Å². The third kappa shape index (κ3) is 1.56. The number of rotatable bonds is 2. The normalized spacial score (nSPS) is 23.4. The van der Waals surface area contributed by atoms with Gasteiger partial charge in [-0.2, -0.15) is 0 Å². The third-order valence-corrected chi connectivity index (χ3v) is 4.50. The predicted molar refractivity (Wildman–Crippen MR) is 73.2 cm³/mol. The van der Waals surface area contributed by atoms with Crippen molar-refractivity contribution in [1.82, 2.24) is 4.98 Å². The number of carbonyl (C=O) groups is 1. The number of ketones is 1. The Kier molecular flexibility index (Phi) is 2.31. The SMILES string of the molecule is O=C(C1Cc2ccccc21)C1CCc2cccnc21. The Morgan fingerprint density at radius 3 is 2.79 bits per heavy atom. The first-order valence-corrected chi connectivity index (χ1v) is 6.90. The largest absolute Gasteiger partial charge is 0.298 e. The zero-order chi connectivity index (χ0) is 12.8. The third-order valence-electron chi connectivity index (χ3n) is 4.50. The maximum Gasteiger partial charge on any atom is 0.149 e. The van der Waals surface area contributed by atoms with Crippen molar-refractivity contribution in [3.05, 3.63) is 65.0 Å². The monoisotopic (exact) mass is 249 g/mol. The van der Waals surface area contributed by atoms with Gasteiger partial charge in [0.2, 0.25) is 0 Å². The Hall–Kier alpha value is -1.96. The number of benzene rings is 1. The second-order valence-corrected chi connectivity index (χ2v) is 5.50. The average molecular weight is 249 g/mol. The van der Waals surface area contributed by atoms with Gasteiger partial charge in [-0.05, 0) is 42.0 Å². The topological polar surface area (TPSA) is 30.0 Å². The zero-order valence-corrected chi connectivity index (χ0v) is 10.7. The fraction of sp³-hybridized carbons (Fsp3) is 0.294. The van der Waals surface area contributed by atoms with Gasteiger partial charge < -0.3 is 0 Å². The molecule has 0 radical (unpaired) electrons. The first-order valence-electron chi connectivity index (χ1n) is 6.90. The summed E-state index contributed by atoms with van der Waals surface area (Å²) < 4.78 is 0. The summed E-state index contributed by atoms with van der Waals surface area (Å²) in [4.78, 5) is 17.2. The highest BCUT2D eigenvalue weighted by Gasteiger charge is 2.39. The molecule has 2 aliphatic carbocycles. The van der Waals surface area contributed by atoms with Crippen LogP contribution < -0.4 is 0 Å². The molecule has 2 heteroatoms. The van der Waals surface area contributed by atoms with E-state index in [-0.39, 0.29) is 11.8 Å². The molecular weight excluding hydrogens is 234 g/mol. The molecule has 2 aromatic rings. The van der Waals surface area contributed by atoms with Gasteiger partial charge in [0.05, 0.1) is 11.6 Å². The van der Waals surface area contributed by atoms with Crippen molar-refractivity contribution in [2.24, 2.45) is 0 Å². The molecule has 19 heavy (non-hydrogen) atoms. The second-order valence-electron chi connectivity index (χ2n) is 5.50. The molecule has 2 aliphatic rings. The maximum absolute atomic E-state index is 12.7. The molecule has 94 valence electrons. The number of hydrogen-bond acceptors (Lipinski definition) is 2. The van der Waals surface area contributed by atoms with E-state index in [1.807, 2.05) is 18.2 Å². The molecule has 2 atom stereocenters. The van der Waals surface area contributed by atoms with Crippen LogP contribution in [0, 0.1) is 0 Å². The molecule has 0 aliphatic heterocycles. The van der Waals surface area contributed by atoms with E-state index in [0.717, 1.165) is 25.0 Å². The summed E-state index contributed by atoms with van der Waals surface area (Å²) in [6.45, 7) is 0. The molecule has 1 aromatic carbocycles. The van der Waals surface area contributed by atoms with Crippen LogP contribution >= 0.6 is 0 Å². The van der Waals surface area contributed by atoms with Crippen molar-refractivity contribution < 1.29 is 4.79 Å². The van der Waals surface area contributed by atoms with Crippen molar-refractivity contribution in [3.8, 4) is 0 Å². The number of carbonyl (C=O) groups excluding carboxylic acids is 1. The molecule has 0 amide bonds. The van der Waals surface area contributed by atoms with Crippen LogP contribution in [0.5, 0.6) is 0 Å². The van der Waals surface area contributed by atoms with E-state index < -0.39 is 0 Å². The van der Waals surface area contributed by atoms with Crippen LogP contribution in [0.1, 0.15) is 40.6 Å². The van der Waals surface area contributed by atoms with Crippen molar-refractivity contribution in [2.75, 3.05) is 0 Å². The van der Waals surface area contributed by atoms with Gasteiger partial charge in [-0.25, -0.2) is 0 Å². The lowest BCUT2D eigenvalue weighted by Gasteiger charge is -2.30. The number of hydrogen-bond donors (Lipinski definition) is 0. The highest BCUT2D eigenvalue weighted by Crippen LogP contribution is 2.42. The zero-order valence-electron chi connectivity index (χ0n) is 10.7. The molecule has 0 spiro atoms. The van der Waals surface area contributed by atoms with Gasteiger partial charge in [-0.3, -0.25) is 9.78 Å². The molecule has 0 saturated carbocycles. The highest BCUT2D eigenvalue weighted by atomic mass is 16.1. The first kappa shape index (κ1) is 10.9. The molecule has 0 fully saturated rings. The Morgan fingerprint density at radius 1 is 1.05 bits per heavy atom. The lowest BCUT2D eigenvalue weighted by Crippen LogP contribution is -2.29. The molecule has 2 nitrogen and oxygen atoms in total. The first-order chi connectivity index (χ1) is 9.34. The quantitative estimate of drug-likeness (QED) is 0.819. The van der Waals surface area contributed by atoms with Crippen molar-refractivity contribution in [3.63, 3.8) is 0 Å². The van der Waals surface area contributed by atoms with Gasteiger partial charge in [-0.15, -0.1) is 0 Å². The van der Waals surface area contributed by atoms with E-state index in [9.17, 15) is 4.79 Å². The molecule has 1 heterocycles. The van der Waals surface area contributed by atoms with E-state index in [1.54, 1.807) is 6.20 Å². The number of fused-ring (bicyclic) bond motifs is 2. The summed E-state index contributed by atoms with van der Waals surface area (Å²) >= 11 is 0. The van der Waals surface area contributed by atoms with Gasteiger partial charge in [0.25, 0.3) is 0 Å². The summed E-state index contributed by atoms with van der Waals surface area (Å²) in [5, 5.41) is 0. The van der Waals surface area contributed by atoms with Crippen molar-refractivity contribution in [2.45, 2.75) is 31.1 Å². The number of aromatic nitrogens is 1. The number of Topliss-reactive ketones (excluding diaryl/α,β-unsaturated/α-hetero) is 1. The molecule has 0 N–H and O–H groups in total. The Balaban J connectivity index is 1.64. The van der Waals surface area contributed by atoms with Crippen molar-refractivity contribution in [1.29, 1.82) is 0 Å². The van der Waals surface area contributed by atoms with E-state index in [2.05, 4.69) is 23.2 Å². The highest BCUT2D eigenvalue weighted by molar-refractivity contribution is 5.94. The number of nitrogens with zero attached hydrogens (tertiary/aromatic N) is 1. The standard InChI is InChI=1S/C17H15NO/c19-17(15-10-12-4-1-2-6-13(12)15)14-8-7-11-5-3-9-18-16(11)14/h1-6,9,14-15H,7-8,10H2. The van der Waals surface area contributed by atoms with Crippen molar-refractivity contribution >= 4 is 5.78 Å². The van der Waals surface area contributed by atoms with Gasteiger partial charge in [0.1, 0.15) is 5.78 Å². The van der Waals surface area contributed by atoms with Gasteiger partial charge in [0.15, 0.2) is 0 Å². The van der Waals surface area contributed by atoms with E-state index >= 15 is 0 Å². The molecule has 2 unspecified atom stereocenters. The lowest BCUT2D eigenvalue weighted by molar-refractivity contribution is -0.122. The minimum atomic E-state index is 0.0227. The summed E-state index contributed by atoms with van der Waals surface area (Å²) in [6.07, 6.45) is 4.64. The van der Waals surface area contributed by atoms with E-state index in [1.165, 1.54) is 16.7 Å². The minimum Gasteiger partial charge on any atom is -0.298 e. The van der Waals surface area contributed by atoms with Gasteiger partial charge >= 0.3 is 0 Å². The maximum atomic E-state index is 12.7. The van der Waals surface area contributed by atoms with Crippen LogP contribution in [0.15, 0.2) is 42.6 Å². The molecule has 0 bridgehead atoms. The van der Waals surface area contributed by atoms with Crippen LogP contribution in [-0.4, -0.2) is 10.8 Å². The van der Waals surface area contributed by atoms with Gasteiger partial charge in [-0.1, -0.05) is 30.3 Å². The summed E-state index contributed by atoms with van der Waals surface area (Å²) in [7, 11) is 0. The fourth-order valence-corrected chi connectivity index (χ4v) is 3.45. The number of aryl methyl sites for hydroxylation is 1. The van der Waals surface area contributed by atoms with Crippen LogP contribution in [0.2, 0.25) is 0 Å². The Morgan fingerprint density at radius 2 is 1.89 bits per heavy atom. The Labute approximate surface area is 112 Å². The van der Waals surface area contributed by atoms with E-state index in [4.69, 9.17) is 0 Å².